The molecule has 0 aliphatic carbocycles. The van der Waals surface area contributed by atoms with Gasteiger partial charge in [-0.05, 0) is 0 Å². The Labute approximate surface area is 65.5 Å². The molecule has 4 heteroatoms. The lowest BCUT2D eigenvalue weighted by Crippen LogP contribution is -2.44. The molecule has 0 aromatic carbocycles. The Morgan fingerprint density at radius 2 is 2.09 bits per heavy atom. The van der Waals surface area contributed by atoms with Crippen LogP contribution in [0.3, 0.4) is 0 Å². The first kappa shape index (κ1) is 8.49. The van der Waals surface area contributed by atoms with Crippen molar-refractivity contribution < 1.29 is 14.6 Å². The summed E-state index contributed by atoms with van der Waals surface area (Å²) >= 11 is 0. The summed E-state index contributed by atoms with van der Waals surface area (Å²) in [4.78, 5) is 10.5. The second-order valence-electron chi connectivity index (χ2n) is 2.79. The molecule has 1 heterocycles. The number of ether oxygens (including phenoxy) is 1. The van der Waals surface area contributed by atoms with E-state index in [1.807, 2.05) is 0 Å². The minimum Gasteiger partial charge on any atom is -0.433 e. The van der Waals surface area contributed by atoms with Gasteiger partial charge in [0.15, 0.2) is 0 Å². The smallest absolute Gasteiger partial charge is 0.305 e. The minimum absolute atomic E-state index is 0.422. The van der Waals surface area contributed by atoms with E-state index < -0.39 is 11.8 Å². The van der Waals surface area contributed by atoms with Gasteiger partial charge in [-0.2, -0.15) is 0 Å². The number of carbonyl (C=O) groups is 1. The number of rotatable bonds is 1. The summed E-state index contributed by atoms with van der Waals surface area (Å²) in [6, 6.07) is 0. The van der Waals surface area contributed by atoms with Gasteiger partial charge in [0.2, 0.25) is 5.79 Å². The summed E-state index contributed by atoms with van der Waals surface area (Å²) in [6.07, 6.45) is 0.958. The molecule has 0 spiro atoms. The highest BCUT2D eigenvalue weighted by atomic mass is 16.7. The molecule has 0 amide bonds. The first-order valence-electron chi connectivity index (χ1n) is 3.75. The van der Waals surface area contributed by atoms with Crippen LogP contribution in [-0.2, 0) is 9.53 Å². The molecular weight excluding hydrogens is 146 g/mol. The third-order valence-corrected chi connectivity index (χ3v) is 1.72. The van der Waals surface area contributed by atoms with E-state index >= 15 is 0 Å². The highest BCUT2D eigenvalue weighted by molar-refractivity contribution is 5.66. The van der Waals surface area contributed by atoms with Gasteiger partial charge in [0.25, 0.3) is 0 Å². The van der Waals surface area contributed by atoms with Crippen molar-refractivity contribution in [3.63, 3.8) is 0 Å². The van der Waals surface area contributed by atoms with Crippen molar-refractivity contribution >= 4 is 5.97 Å². The fourth-order valence-electron chi connectivity index (χ4n) is 1.19. The van der Waals surface area contributed by atoms with Crippen LogP contribution in [0.15, 0.2) is 0 Å². The van der Waals surface area contributed by atoms with Crippen molar-refractivity contribution in [2.75, 3.05) is 13.1 Å². The zero-order valence-electron chi connectivity index (χ0n) is 6.59. The van der Waals surface area contributed by atoms with Gasteiger partial charge in [-0.1, -0.05) is 0 Å². The van der Waals surface area contributed by atoms with E-state index in [9.17, 15) is 9.90 Å². The van der Waals surface area contributed by atoms with Gasteiger partial charge in [0.05, 0.1) is 0 Å². The van der Waals surface area contributed by atoms with Crippen LogP contribution in [0, 0.1) is 0 Å². The first-order chi connectivity index (χ1) is 5.12. The lowest BCUT2D eigenvalue weighted by atomic mass is 10.1. The average Bonchev–Trinajstić information content (AvgIpc) is 1.85. The normalized spacial score (nSPS) is 22.7. The third kappa shape index (κ3) is 2.48. The van der Waals surface area contributed by atoms with Crippen LogP contribution in [-0.4, -0.2) is 30.0 Å². The standard InChI is InChI=1S/C7H13NO3/c1-6(9)11-7(10)2-4-8-5-3-7/h8,10H,2-5H2,1H3. The lowest BCUT2D eigenvalue weighted by molar-refractivity contribution is -0.215. The second-order valence-corrected chi connectivity index (χ2v) is 2.79. The van der Waals surface area contributed by atoms with E-state index in [1.54, 1.807) is 0 Å². The molecule has 1 rings (SSSR count). The molecule has 1 saturated heterocycles. The predicted octanol–water partition coefficient (Wildman–Crippen LogP) is -0.379. The summed E-state index contributed by atoms with van der Waals surface area (Å²) in [5, 5.41) is 12.6. The Bertz CT molecular complexity index is 152. The van der Waals surface area contributed by atoms with Crippen LogP contribution in [0.25, 0.3) is 0 Å². The lowest BCUT2D eigenvalue weighted by Gasteiger charge is -2.31. The minimum atomic E-state index is -1.21. The molecule has 0 atom stereocenters. The highest BCUT2D eigenvalue weighted by Gasteiger charge is 2.31. The molecule has 64 valence electrons. The van der Waals surface area contributed by atoms with E-state index in [1.165, 1.54) is 6.92 Å². The summed E-state index contributed by atoms with van der Waals surface area (Å²) in [5.41, 5.74) is 0. The highest BCUT2D eigenvalue weighted by Crippen LogP contribution is 2.19. The number of carbonyl (C=O) groups excluding carboxylic acids is 1. The molecule has 1 aliphatic rings. The summed E-state index contributed by atoms with van der Waals surface area (Å²) in [7, 11) is 0. The average molecular weight is 159 g/mol. The summed E-state index contributed by atoms with van der Waals surface area (Å²) in [6.45, 7) is 2.70. The van der Waals surface area contributed by atoms with Gasteiger partial charge in [0, 0.05) is 32.9 Å². The van der Waals surface area contributed by atoms with Crippen LogP contribution >= 0.6 is 0 Å². The van der Waals surface area contributed by atoms with E-state index in [2.05, 4.69) is 5.32 Å². The second kappa shape index (κ2) is 3.19. The maximum absolute atomic E-state index is 10.5. The van der Waals surface area contributed by atoms with Crippen molar-refractivity contribution in [1.82, 2.24) is 5.32 Å². The van der Waals surface area contributed by atoms with Crippen molar-refractivity contribution in [3.8, 4) is 0 Å². The molecular formula is C7H13NO3. The maximum Gasteiger partial charge on any atom is 0.305 e. The van der Waals surface area contributed by atoms with Crippen molar-refractivity contribution in [3.05, 3.63) is 0 Å². The molecule has 4 nitrogen and oxygen atoms in total. The zero-order chi connectivity index (χ0) is 8.32. The predicted molar refractivity (Wildman–Crippen MR) is 38.8 cm³/mol. The van der Waals surface area contributed by atoms with Crippen LogP contribution in [0.4, 0.5) is 0 Å². The summed E-state index contributed by atoms with van der Waals surface area (Å²) < 4.78 is 4.76. The number of esters is 1. The number of hydrogen-bond acceptors (Lipinski definition) is 4. The van der Waals surface area contributed by atoms with Crippen LogP contribution in [0.1, 0.15) is 19.8 Å². The van der Waals surface area contributed by atoms with Gasteiger partial charge in [-0.3, -0.25) is 4.79 Å². The quantitative estimate of drug-likeness (QED) is 0.404. The van der Waals surface area contributed by atoms with Gasteiger partial charge in [0.1, 0.15) is 0 Å². The Balaban J connectivity index is 2.43. The van der Waals surface area contributed by atoms with Crippen molar-refractivity contribution in [2.24, 2.45) is 0 Å². The van der Waals surface area contributed by atoms with Gasteiger partial charge >= 0.3 is 5.97 Å². The van der Waals surface area contributed by atoms with Gasteiger partial charge < -0.3 is 15.2 Å². The van der Waals surface area contributed by atoms with Gasteiger partial charge in [-0.25, -0.2) is 0 Å². The van der Waals surface area contributed by atoms with Crippen LogP contribution in [0.5, 0.6) is 0 Å². The Morgan fingerprint density at radius 3 is 2.55 bits per heavy atom. The molecule has 1 aliphatic heterocycles. The SMILES string of the molecule is CC(=O)OC1(O)CCNCC1. The largest absolute Gasteiger partial charge is 0.433 e. The first-order valence-corrected chi connectivity index (χ1v) is 3.75. The zero-order valence-corrected chi connectivity index (χ0v) is 6.59. The van der Waals surface area contributed by atoms with E-state index in [0.717, 1.165) is 0 Å². The molecule has 0 aromatic rings. The van der Waals surface area contributed by atoms with Crippen LogP contribution < -0.4 is 5.32 Å². The Hall–Kier alpha value is -0.610. The molecule has 0 unspecified atom stereocenters. The fourth-order valence-corrected chi connectivity index (χ4v) is 1.19. The Kier molecular flexibility index (Phi) is 2.46. The van der Waals surface area contributed by atoms with E-state index in [-0.39, 0.29) is 0 Å². The molecule has 0 aromatic heterocycles. The maximum atomic E-state index is 10.5. The van der Waals surface area contributed by atoms with E-state index in [0.29, 0.717) is 25.9 Å². The number of piperidine rings is 1. The molecule has 2 N–H and O–H groups in total. The molecule has 11 heavy (non-hydrogen) atoms. The Morgan fingerprint density at radius 1 is 1.55 bits per heavy atom. The third-order valence-electron chi connectivity index (χ3n) is 1.72. The molecule has 1 fully saturated rings. The number of aliphatic hydroxyl groups is 1. The van der Waals surface area contributed by atoms with E-state index in [4.69, 9.17) is 4.74 Å². The summed E-state index contributed by atoms with van der Waals surface area (Å²) in [5.74, 6) is -1.63. The topological polar surface area (TPSA) is 58.6 Å². The van der Waals surface area contributed by atoms with Crippen LogP contribution in [0.2, 0.25) is 0 Å². The number of hydrogen-bond donors (Lipinski definition) is 2. The fraction of sp³-hybridized carbons (Fsp3) is 0.857. The monoisotopic (exact) mass is 159 g/mol. The molecule has 0 radical (unpaired) electrons. The molecule has 0 bridgehead atoms. The van der Waals surface area contributed by atoms with Gasteiger partial charge in [-0.15, -0.1) is 0 Å². The van der Waals surface area contributed by atoms with Crippen molar-refractivity contribution in [2.45, 2.75) is 25.6 Å². The molecule has 0 saturated carbocycles. The van der Waals surface area contributed by atoms with Crippen molar-refractivity contribution in [1.29, 1.82) is 0 Å². The number of nitrogens with one attached hydrogen (secondary N) is 1.